The predicted molar refractivity (Wildman–Crippen MR) is 111 cm³/mol. The van der Waals surface area contributed by atoms with Crippen LogP contribution in [0.2, 0.25) is 0 Å². The molecule has 4 aromatic rings. The first kappa shape index (κ1) is 22.4. The summed E-state index contributed by atoms with van der Waals surface area (Å²) >= 11 is 0. The molecule has 0 aliphatic rings. The maximum Gasteiger partial charge on any atom is 0.417 e. The average Bonchev–Trinajstić information content (AvgIpc) is 2.78. The molecule has 2 N–H and O–H groups in total. The van der Waals surface area contributed by atoms with Crippen molar-refractivity contribution in [1.29, 1.82) is 0 Å². The first-order valence-corrected chi connectivity index (χ1v) is 9.91. The van der Waals surface area contributed by atoms with Crippen LogP contribution in [0.4, 0.5) is 27.8 Å². The van der Waals surface area contributed by atoms with E-state index in [4.69, 9.17) is 4.74 Å². The van der Waals surface area contributed by atoms with Crippen LogP contribution in [0.3, 0.4) is 0 Å². The van der Waals surface area contributed by atoms with Gasteiger partial charge in [0.25, 0.3) is 0 Å². The van der Waals surface area contributed by atoms with Crippen LogP contribution in [-0.2, 0) is 12.6 Å². The van der Waals surface area contributed by atoms with Gasteiger partial charge in [-0.25, -0.2) is 18.7 Å². The smallest absolute Gasteiger partial charge is 0.405 e. The van der Waals surface area contributed by atoms with Crippen LogP contribution in [0.15, 0.2) is 55.0 Å². The molecule has 0 aliphatic heterocycles. The Bertz CT molecular complexity index is 1310. The molecule has 0 saturated carbocycles. The highest BCUT2D eigenvalue weighted by Gasteiger charge is 2.32. The second kappa shape index (κ2) is 8.97. The van der Waals surface area contributed by atoms with E-state index in [2.05, 4.69) is 20.3 Å². The standard InChI is InChI=1S/C23H17F5N4O/c1-13-10-14(2-5-18(13)33-19-11-15(7-9-29-19)23(26,27)28)6-8-30-22-20-16(24)3-4-17(25)21(20)31-12-32-22/h2-5,7,9-12H,6,8H2,1H3,(H,30,31,32)/p+1. The van der Waals surface area contributed by atoms with Gasteiger partial charge < -0.3 is 10.1 Å². The highest BCUT2D eigenvalue weighted by molar-refractivity contribution is 5.89. The Balaban J connectivity index is 1.44. The zero-order chi connectivity index (χ0) is 23.6. The molecule has 0 fully saturated rings. The van der Waals surface area contributed by atoms with E-state index in [9.17, 15) is 22.0 Å². The third kappa shape index (κ3) is 5.00. The molecule has 0 unspecified atom stereocenters. The molecule has 10 heteroatoms. The molecule has 0 amide bonds. The van der Waals surface area contributed by atoms with Crippen LogP contribution >= 0.6 is 0 Å². The highest BCUT2D eigenvalue weighted by atomic mass is 19.4. The number of halogens is 5. The van der Waals surface area contributed by atoms with E-state index >= 15 is 0 Å². The van der Waals surface area contributed by atoms with Gasteiger partial charge in [-0.3, -0.25) is 0 Å². The summed E-state index contributed by atoms with van der Waals surface area (Å²) in [5.74, 6) is -0.707. The van der Waals surface area contributed by atoms with Crippen molar-refractivity contribution >= 4 is 16.7 Å². The predicted octanol–water partition coefficient (Wildman–Crippen LogP) is 5.50. The topological polar surface area (TPSA) is 61.2 Å². The van der Waals surface area contributed by atoms with Gasteiger partial charge in [0.2, 0.25) is 0 Å². The summed E-state index contributed by atoms with van der Waals surface area (Å²) in [6.07, 6.45) is -1.62. The minimum atomic E-state index is -4.47. The summed E-state index contributed by atoms with van der Waals surface area (Å²) < 4.78 is 72.3. The Morgan fingerprint density at radius 2 is 1.79 bits per heavy atom. The van der Waals surface area contributed by atoms with Gasteiger partial charge in [0.1, 0.15) is 35.0 Å². The minimum absolute atomic E-state index is 0.0187. The first-order chi connectivity index (χ1) is 15.7. The van der Waals surface area contributed by atoms with Gasteiger partial charge in [0, 0.05) is 12.6 Å². The lowest BCUT2D eigenvalue weighted by Crippen LogP contribution is -2.12. The van der Waals surface area contributed by atoms with Crippen molar-refractivity contribution in [2.24, 2.45) is 0 Å². The fourth-order valence-electron chi connectivity index (χ4n) is 3.34. The molecule has 5 nitrogen and oxygen atoms in total. The number of aromatic nitrogens is 3. The minimum Gasteiger partial charge on any atom is -0.405 e. The van der Waals surface area contributed by atoms with Crippen molar-refractivity contribution < 1.29 is 31.7 Å². The number of aromatic amines is 1. The third-order valence-electron chi connectivity index (χ3n) is 4.96. The number of benzene rings is 2. The molecule has 2 heterocycles. The van der Waals surface area contributed by atoms with Crippen LogP contribution in [0, 0.1) is 18.6 Å². The van der Waals surface area contributed by atoms with Gasteiger partial charge in [-0.2, -0.15) is 18.2 Å². The van der Waals surface area contributed by atoms with E-state index in [0.29, 0.717) is 18.7 Å². The van der Waals surface area contributed by atoms with Gasteiger partial charge in [0.05, 0.1) is 17.0 Å². The fourth-order valence-corrected chi connectivity index (χ4v) is 3.34. The third-order valence-corrected chi connectivity index (χ3v) is 4.96. The molecular formula is C23H18F5N4O+. The van der Waals surface area contributed by atoms with E-state index in [-0.39, 0.29) is 22.6 Å². The number of alkyl halides is 3. The Morgan fingerprint density at radius 3 is 2.55 bits per heavy atom. The van der Waals surface area contributed by atoms with Gasteiger partial charge in [-0.05, 0) is 42.7 Å². The summed E-state index contributed by atoms with van der Waals surface area (Å²) in [4.78, 5) is 10.5. The molecule has 0 aliphatic carbocycles. The molecular weight excluding hydrogens is 443 g/mol. The van der Waals surface area contributed by atoms with Crippen LogP contribution in [0.25, 0.3) is 10.9 Å². The maximum absolute atomic E-state index is 14.2. The Morgan fingerprint density at radius 1 is 1.00 bits per heavy atom. The maximum atomic E-state index is 14.2. The normalized spacial score (nSPS) is 11.6. The van der Waals surface area contributed by atoms with Crippen molar-refractivity contribution in [3.63, 3.8) is 0 Å². The van der Waals surface area contributed by atoms with Gasteiger partial charge >= 0.3 is 12.1 Å². The lowest BCUT2D eigenvalue weighted by Gasteiger charge is -2.11. The summed E-state index contributed by atoms with van der Waals surface area (Å²) in [5, 5.41) is 2.98. The Kier molecular flexibility index (Phi) is 6.08. The number of ether oxygens (including phenoxy) is 1. The summed E-state index contributed by atoms with van der Waals surface area (Å²) in [6.45, 7) is 2.15. The number of nitrogens with zero attached hydrogens (tertiary/aromatic N) is 2. The number of fused-ring (bicyclic) bond motifs is 1. The SMILES string of the molecule is Cc1cc(CCNc2ncnc3c(F)ccc(F)c23)ccc1Oc1cc(C(F)(F)F)cc[nH+]1. The molecule has 0 bridgehead atoms. The van der Waals surface area contributed by atoms with Crippen molar-refractivity contribution in [3.8, 4) is 11.6 Å². The number of pyridine rings is 1. The van der Waals surface area contributed by atoms with Crippen molar-refractivity contribution in [2.45, 2.75) is 19.5 Å². The zero-order valence-electron chi connectivity index (χ0n) is 17.3. The molecule has 4 rings (SSSR count). The summed E-state index contributed by atoms with van der Waals surface area (Å²) in [5.41, 5.74) is 0.714. The molecule has 0 radical (unpaired) electrons. The lowest BCUT2D eigenvalue weighted by molar-refractivity contribution is -0.391. The fraction of sp³-hybridized carbons (Fsp3) is 0.174. The number of hydrogen-bond acceptors (Lipinski definition) is 4. The van der Waals surface area contributed by atoms with E-state index in [0.717, 1.165) is 41.7 Å². The van der Waals surface area contributed by atoms with Crippen LogP contribution in [-0.4, -0.2) is 16.5 Å². The molecule has 2 aromatic heterocycles. The molecule has 33 heavy (non-hydrogen) atoms. The summed E-state index contributed by atoms with van der Waals surface area (Å²) in [7, 11) is 0. The van der Waals surface area contributed by atoms with Crippen molar-refractivity contribution in [3.05, 3.63) is 83.3 Å². The summed E-state index contributed by atoms with van der Waals surface area (Å²) in [6, 6.07) is 9.13. The Hall–Kier alpha value is -3.82. The number of nitrogens with one attached hydrogen (secondary N) is 2. The Labute approximate surface area is 185 Å². The molecule has 0 atom stereocenters. The van der Waals surface area contributed by atoms with Crippen molar-refractivity contribution in [2.75, 3.05) is 11.9 Å². The lowest BCUT2D eigenvalue weighted by atomic mass is 10.1. The van der Waals surface area contributed by atoms with Gasteiger partial charge in [0.15, 0.2) is 6.20 Å². The molecule has 0 spiro atoms. The van der Waals surface area contributed by atoms with Crippen molar-refractivity contribution in [1.82, 2.24) is 9.97 Å². The van der Waals surface area contributed by atoms with Crippen LogP contribution < -0.4 is 15.0 Å². The number of anilines is 1. The van der Waals surface area contributed by atoms with Gasteiger partial charge in [-0.15, -0.1) is 0 Å². The quantitative estimate of drug-likeness (QED) is 0.386. The second-order valence-electron chi connectivity index (χ2n) is 7.29. The van der Waals surface area contributed by atoms with E-state index in [1.165, 1.54) is 6.20 Å². The highest BCUT2D eigenvalue weighted by Crippen LogP contribution is 2.31. The monoisotopic (exact) mass is 461 g/mol. The average molecular weight is 461 g/mol. The first-order valence-electron chi connectivity index (χ1n) is 9.91. The zero-order valence-corrected chi connectivity index (χ0v) is 17.3. The van der Waals surface area contributed by atoms with Crippen LogP contribution in [0.5, 0.6) is 11.6 Å². The van der Waals surface area contributed by atoms with E-state index in [1.807, 2.05) is 6.07 Å². The number of hydrogen-bond donors (Lipinski definition) is 1. The van der Waals surface area contributed by atoms with Gasteiger partial charge in [-0.1, -0.05) is 12.1 Å². The second-order valence-corrected chi connectivity index (χ2v) is 7.29. The molecule has 2 aromatic carbocycles. The van der Waals surface area contributed by atoms with E-state index in [1.54, 1.807) is 19.1 Å². The molecule has 0 saturated heterocycles. The number of H-pyrrole nitrogens is 1. The number of rotatable bonds is 6. The number of aryl methyl sites for hydroxylation is 1. The molecule has 170 valence electrons. The van der Waals surface area contributed by atoms with E-state index < -0.39 is 23.4 Å². The van der Waals surface area contributed by atoms with Crippen LogP contribution in [0.1, 0.15) is 16.7 Å². The largest absolute Gasteiger partial charge is 0.417 e.